The summed E-state index contributed by atoms with van der Waals surface area (Å²) in [4.78, 5) is 4.02. The van der Waals surface area contributed by atoms with Crippen LogP contribution in [0, 0.1) is 0 Å². The monoisotopic (exact) mass is 306 g/mol. The van der Waals surface area contributed by atoms with Gasteiger partial charge >= 0.3 is 0 Å². The summed E-state index contributed by atoms with van der Waals surface area (Å²) in [5.41, 5.74) is 0.973. The van der Waals surface area contributed by atoms with E-state index in [2.05, 4.69) is 26.1 Å². The van der Waals surface area contributed by atoms with E-state index < -0.39 is 0 Å². The van der Waals surface area contributed by atoms with Crippen LogP contribution >= 0.6 is 39.1 Å². The van der Waals surface area contributed by atoms with E-state index in [1.165, 1.54) is 0 Å². The van der Waals surface area contributed by atoms with Gasteiger partial charge in [0.2, 0.25) is 10.6 Å². The minimum absolute atomic E-state index is 0.442. The highest BCUT2D eigenvalue weighted by atomic mass is 79.9. The molecule has 0 amide bonds. The third-order valence-corrected chi connectivity index (χ3v) is 2.84. The lowest BCUT2D eigenvalue weighted by Gasteiger charge is -1.99. The first kappa shape index (κ1) is 10.9. The highest BCUT2D eigenvalue weighted by molar-refractivity contribution is 9.10. The molecule has 0 N–H and O–H groups in total. The second-order valence-corrected chi connectivity index (χ2v) is 4.41. The number of halogens is 3. The Morgan fingerprint density at radius 2 is 2.07 bits per heavy atom. The van der Waals surface area contributed by atoms with Crippen molar-refractivity contribution in [1.82, 2.24) is 10.1 Å². The highest BCUT2D eigenvalue weighted by Gasteiger charge is 2.06. The molecule has 0 fully saturated rings. The first-order valence-corrected chi connectivity index (χ1v) is 5.62. The SMILES string of the molecule is Clc1ccc(Cc2nc(Br)no2)cc1Cl. The van der Waals surface area contributed by atoms with Crippen LogP contribution in [0.2, 0.25) is 10.0 Å². The van der Waals surface area contributed by atoms with Gasteiger partial charge in [-0.3, -0.25) is 0 Å². The molecule has 0 aliphatic heterocycles. The number of aromatic nitrogens is 2. The Hall–Kier alpha value is -0.580. The van der Waals surface area contributed by atoms with Crippen molar-refractivity contribution < 1.29 is 4.52 Å². The van der Waals surface area contributed by atoms with Crippen LogP contribution < -0.4 is 0 Å². The van der Waals surface area contributed by atoms with Crippen molar-refractivity contribution in [3.63, 3.8) is 0 Å². The third-order valence-electron chi connectivity index (χ3n) is 1.78. The van der Waals surface area contributed by atoms with Crippen LogP contribution in [0.25, 0.3) is 0 Å². The minimum Gasteiger partial charge on any atom is -0.338 e. The lowest BCUT2D eigenvalue weighted by molar-refractivity contribution is 0.381. The molecule has 3 nitrogen and oxygen atoms in total. The molecule has 0 aliphatic rings. The summed E-state index contributed by atoms with van der Waals surface area (Å²) in [6, 6.07) is 5.39. The molecule has 0 unspecified atom stereocenters. The van der Waals surface area contributed by atoms with Crippen molar-refractivity contribution in [2.45, 2.75) is 6.42 Å². The Bertz CT molecular complexity index is 487. The van der Waals surface area contributed by atoms with E-state index >= 15 is 0 Å². The lowest BCUT2D eigenvalue weighted by Crippen LogP contribution is -1.88. The van der Waals surface area contributed by atoms with Crippen LogP contribution in [0.5, 0.6) is 0 Å². The molecule has 0 bridgehead atoms. The molecule has 0 atom stereocenters. The van der Waals surface area contributed by atoms with Crippen LogP contribution in [0.1, 0.15) is 11.5 Å². The average molecular weight is 308 g/mol. The van der Waals surface area contributed by atoms with Crippen molar-refractivity contribution in [1.29, 1.82) is 0 Å². The maximum absolute atomic E-state index is 5.88. The number of benzene rings is 1. The van der Waals surface area contributed by atoms with Crippen LogP contribution in [0.3, 0.4) is 0 Å². The molecule has 78 valence electrons. The number of hydrogen-bond donors (Lipinski definition) is 0. The summed E-state index contributed by atoms with van der Waals surface area (Å²) < 4.78 is 5.40. The Balaban J connectivity index is 2.21. The van der Waals surface area contributed by atoms with Gasteiger partial charge in [-0.2, -0.15) is 4.98 Å². The molecular formula is C9H5BrCl2N2O. The summed E-state index contributed by atoms with van der Waals surface area (Å²) in [6.45, 7) is 0. The van der Waals surface area contributed by atoms with E-state index in [9.17, 15) is 0 Å². The average Bonchev–Trinajstić information content (AvgIpc) is 2.58. The fraction of sp³-hybridized carbons (Fsp3) is 0.111. The smallest absolute Gasteiger partial charge is 0.238 e. The van der Waals surface area contributed by atoms with E-state index in [0.29, 0.717) is 27.1 Å². The standard InChI is InChI=1S/C9H5BrCl2N2O/c10-9-13-8(15-14-9)4-5-1-2-6(11)7(12)3-5/h1-3H,4H2. The molecule has 1 aromatic heterocycles. The zero-order valence-corrected chi connectivity index (χ0v) is 10.5. The molecule has 1 aromatic carbocycles. The quantitative estimate of drug-likeness (QED) is 0.848. The van der Waals surface area contributed by atoms with E-state index in [0.717, 1.165) is 5.56 Å². The largest absolute Gasteiger partial charge is 0.338 e. The predicted octanol–water partition coefficient (Wildman–Crippen LogP) is 3.73. The van der Waals surface area contributed by atoms with Gasteiger partial charge in [0, 0.05) is 0 Å². The lowest BCUT2D eigenvalue weighted by atomic mass is 10.1. The summed E-state index contributed by atoms with van der Waals surface area (Å²) in [5, 5.41) is 4.68. The topological polar surface area (TPSA) is 38.9 Å². The second kappa shape index (κ2) is 4.51. The molecule has 0 saturated carbocycles. The van der Waals surface area contributed by atoms with Crippen molar-refractivity contribution in [3.05, 3.63) is 44.4 Å². The summed E-state index contributed by atoms with van der Waals surface area (Å²) >= 11 is 14.8. The molecule has 0 aliphatic carbocycles. The Morgan fingerprint density at radius 1 is 1.27 bits per heavy atom. The second-order valence-electron chi connectivity index (χ2n) is 2.88. The summed E-state index contributed by atoms with van der Waals surface area (Å²) in [5.74, 6) is 0.528. The zero-order valence-electron chi connectivity index (χ0n) is 7.38. The molecular weight excluding hydrogens is 303 g/mol. The predicted molar refractivity (Wildman–Crippen MR) is 61.3 cm³/mol. The maximum atomic E-state index is 5.88. The van der Waals surface area contributed by atoms with Gasteiger partial charge in [-0.1, -0.05) is 29.3 Å². The summed E-state index contributed by atoms with van der Waals surface area (Å²) in [6.07, 6.45) is 0.537. The van der Waals surface area contributed by atoms with E-state index in [4.69, 9.17) is 27.7 Å². The minimum atomic E-state index is 0.442. The molecule has 15 heavy (non-hydrogen) atoms. The van der Waals surface area contributed by atoms with Gasteiger partial charge < -0.3 is 4.52 Å². The third kappa shape index (κ3) is 2.71. The molecule has 0 radical (unpaired) electrons. The van der Waals surface area contributed by atoms with E-state index in [1.807, 2.05) is 6.07 Å². The van der Waals surface area contributed by atoms with Gasteiger partial charge in [-0.15, -0.1) is 0 Å². The Labute approximate surface area is 105 Å². The molecule has 2 aromatic rings. The van der Waals surface area contributed by atoms with Crippen LogP contribution in [0.4, 0.5) is 0 Å². The van der Waals surface area contributed by atoms with Gasteiger partial charge in [-0.25, -0.2) is 0 Å². The van der Waals surface area contributed by atoms with Crippen molar-refractivity contribution in [2.24, 2.45) is 0 Å². The molecule has 1 heterocycles. The summed E-state index contributed by atoms with van der Waals surface area (Å²) in [7, 11) is 0. The fourth-order valence-corrected chi connectivity index (χ4v) is 1.72. The molecule has 6 heteroatoms. The van der Waals surface area contributed by atoms with Gasteiger partial charge in [0.15, 0.2) is 0 Å². The van der Waals surface area contributed by atoms with Gasteiger partial charge in [-0.05, 0) is 38.8 Å². The Kier molecular flexibility index (Phi) is 3.29. The molecule has 0 saturated heterocycles. The van der Waals surface area contributed by atoms with Crippen LogP contribution in [0.15, 0.2) is 27.5 Å². The van der Waals surface area contributed by atoms with E-state index in [1.54, 1.807) is 12.1 Å². The fourth-order valence-electron chi connectivity index (χ4n) is 1.13. The van der Waals surface area contributed by atoms with Gasteiger partial charge in [0.1, 0.15) is 0 Å². The maximum Gasteiger partial charge on any atom is 0.238 e. The van der Waals surface area contributed by atoms with Gasteiger partial charge in [0.05, 0.1) is 16.5 Å². The number of hydrogen-bond acceptors (Lipinski definition) is 3. The van der Waals surface area contributed by atoms with Crippen molar-refractivity contribution >= 4 is 39.1 Å². The van der Waals surface area contributed by atoms with Crippen molar-refractivity contribution in [3.8, 4) is 0 Å². The van der Waals surface area contributed by atoms with Gasteiger partial charge in [0.25, 0.3) is 0 Å². The molecule has 2 rings (SSSR count). The van der Waals surface area contributed by atoms with E-state index in [-0.39, 0.29) is 0 Å². The first-order valence-electron chi connectivity index (χ1n) is 4.07. The normalized spacial score (nSPS) is 10.6. The van der Waals surface area contributed by atoms with Crippen LogP contribution in [-0.4, -0.2) is 10.1 Å². The van der Waals surface area contributed by atoms with Crippen molar-refractivity contribution in [2.75, 3.05) is 0 Å². The number of nitrogens with zero attached hydrogens (tertiary/aromatic N) is 2. The first-order chi connectivity index (χ1) is 7.15. The molecule has 0 spiro atoms. The Morgan fingerprint density at radius 3 is 2.67 bits per heavy atom. The van der Waals surface area contributed by atoms with Crippen LogP contribution in [-0.2, 0) is 6.42 Å². The highest BCUT2D eigenvalue weighted by Crippen LogP contribution is 2.23. The number of rotatable bonds is 2. The zero-order chi connectivity index (χ0) is 10.8.